The molecule has 3 rings (SSSR count). The summed E-state index contributed by atoms with van der Waals surface area (Å²) in [7, 11) is 0. The molecule has 0 bridgehead atoms. The molecular formula is C17H23NO3. The van der Waals surface area contributed by atoms with Gasteiger partial charge in [-0.3, -0.25) is 9.69 Å². The van der Waals surface area contributed by atoms with Gasteiger partial charge in [-0.1, -0.05) is 31.2 Å². The molecule has 0 saturated carbocycles. The maximum absolute atomic E-state index is 11.6. The number of carboxylic acid groups (broad SMARTS) is 1. The van der Waals surface area contributed by atoms with Gasteiger partial charge in [-0.25, -0.2) is 0 Å². The van der Waals surface area contributed by atoms with Crippen LogP contribution >= 0.6 is 0 Å². The summed E-state index contributed by atoms with van der Waals surface area (Å²) >= 11 is 0. The highest BCUT2D eigenvalue weighted by atomic mass is 16.5. The van der Waals surface area contributed by atoms with Crippen molar-refractivity contribution in [2.24, 2.45) is 5.92 Å². The Morgan fingerprint density at radius 1 is 1.43 bits per heavy atom. The third-order valence-electron chi connectivity index (χ3n) is 4.78. The molecule has 2 heterocycles. The molecule has 0 aromatic heterocycles. The Balaban J connectivity index is 1.78. The molecule has 114 valence electrons. The van der Waals surface area contributed by atoms with Crippen LogP contribution in [0, 0.1) is 5.92 Å². The van der Waals surface area contributed by atoms with Crippen LogP contribution in [0.4, 0.5) is 0 Å². The van der Waals surface area contributed by atoms with Gasteiger partial charge in [-0.15, -0.1) is 0 Å². The van der Waals surface area contributed by atoms with Crippen molar-refractivity contribution in [3.63, 3.8) is 0 Å². The van der Waals surface area contributed by atoms with Crippen LogP contribution in [0.2, 0.25) is 0 Å². The molecule has 0 spiro atoms. The highest BCUT2D eigenvalue weighted by Gasteiger charge is 2.36. The van der Waals surface area contributed by atoms with Gasteiger partial charge in [0.1, 0.15) is 6.04 Å². The van der Waals surface area contributed by atoms with E-state index in [9.17, 15) is 9.90 Å². The number of hydrogen-bond acceptors (Lipinski definition) is 3. The van der Waals surface area contributed by atoms with E-state index in [0.29, 0.717) is 6.54 Å². The molecule has 4 heteroatoms. The largest absolute Gasteiger partial charge is 0.480 e. The van der Waals surface area contributed by atoms with Crippen molar-refractivity contribution in [3.8, 4) is 0 Å². The van der Waals surface area contributed by atoms with Gasteiger partial charge in [0.05, 0.1) is 12.7 Å². The molecular weight excluding hydrogens is 266 g/mol. The first-order chi connectivity index (χ1) is 10.2. The second-order valence-corrected chi connectivity index (χ2v) is 6.21. The van der Waals surface area contributed by atoms with Crippen LogP contribution in [0.15, 0.2) is 24.3 Å². The number of hydrogen-bond donors (Lipinski definition) is 1. The third-order valence-corrected chi connectivity index (χ3v) is 4.78. The van der Waals surface area contributed by atoms with E-state index in [0.717, 1.165) is 32.4 Å². The molecule has 1 saturated heterocycles. The number of carboxylic acids is 1. The van der Waals surface area contributed by atoms with E-state index in [-0.39, 0.29) is 18.1 Å². The van der Waals surface area contributed by atoms with Crippen LogP contribution in [0.25, 0.3) is 0 Å². The number of carbonyl (C=O) groups is 1. The van der Waals surface area contributed by atoms with Gasteiger partial charge in [0, 0.05) is 6.54 Å². The van der Waals surface area contributed by atoms with Crippen molar-refractivity contribution in [2.75, 3.05) is 19.7 Å². The lowest BCUT2D eigenvalue weighted by atomic mass is 9.89. The quantitative estimate of drug-likeness (QED) is 0.929. The van der Waals surface area contributed by atoms with Gasteiger partial charge < -0.3 is 9.84 Å². The summed E-state index contributed by atoms with van der Waals surface area (Å²) in [6.45, 7) is 4.30. The number of aliphatic carboxylic acids is 1. The molecule has 0 radical (unpaired) electrons. The Kier molecular flexibility index (Phi) is 4.27. The van der Waals surface area contributed by atoms with Gasteiger partial charge >= 0.3 is 5.97 Å². The lowest BCUT2D eigenvalue weighted by Gasteiger charge is -2.40. The predicted molar refractivity (Wildman–Crippen MR) is 80.2 cm³/mol. The number of piperidine rings is 1. The number of nitrogens with zero attached hydrogens (tertiary/aromatic N) is 1. The van der Waals surface area contributed by atoms with E-state index in [1.54, 1.807) is 0 Å². The van der Waals surface area contributed by atoms with E-state index in [1.165, 1.54) is 11.1 Å². The lowest BCUT2D eigenvalue weighted by Crippen LogP contribution is -2.50. The molecule has 2 aliphatic rings. The van der Waals surface area contributed by atoms with Gasteiger partial charge in [0.25, 0.3) is 0 Å². The summed E-state index contributed by atoms with van der Waals surface area (Å²) in [5.74, 6) is -0.499. The van der Waals surface area contributed by atoms with Crippen molar-refractivity contribution < 1.29 is 14.6 Å². The summed E-state index contributed by atoms with van der Waals surface area (Å²) in [5, 5.41) is 9.52. The Labute approximate surface area is 125 Å². The zero-order valence-electron chi connectivity index (χ0n) is 12.5. The van der Waals surface area contributed by atoms with Crippen LogP contribution in [-0.2, 0) is 16.0 Å². The van der Waals surface area contributed by atoms with Crippen LogP contribution in [0.3, 0.4) is 0 Å². The highest BCUT2D eigenvalue weighted by Crippen LogP contribution is 2.31. The predicted octanol–water partition coefficient (Wildman–Crippen LogP) is 2.49. The first-order valence-corrected chi connectivity index (χ1v) is 7.83. The topological polar surface area (TPSA) is 49.8 Å². The van der Waals surface area contributed by atoms with Crippen molar-refractivity contribution in [1.29, 1.82) is 0 Å². The fourth-order valence-corrected chi connectivity index (χ4v) is 3.72. The number of benzene rings is 1. The summed E-state index contributed by atoms with van der Waals surface area (Å²) in [4.78, 5) is 13.7. The molecule has 4 nitrogen and oxygen atoms in total. The normalized spacial score (nSPS) is 29.9. The maximum Gasteiger partial charge on any atom is 0.321 e. The fraction of sp³-hybridized carbons (Fsp3) is 0.588. The summed E-state index contributed by atoms with van der Waals surface area (Å²) in [6.07, 6.45) is 3.02. The monoisotopic (exact) mass is 289 g/mol. The summed E-state index contributed by atoms with van der Waals surface area (Å²) in [5.41, 5.74) is 2.57. The maximum atomic E-state index is 11.6. The minimum atomic E-state index is -0.703. The Morgan fingerprint density at radius 2 is 2.24 bits per heavy atom. The Hall–Kier alpha value is -1.39. The third kappa shape index (κ3) is 2.97. The van der Waals surface area contributed by atoms with Crippen molar-refractivity contribution in [3.05, 3.63) is 35.4 Å². The molecule has 1 aromatic rings. The van der Waals surface area contributed by atoms with Crippen molar-refractivity contribution >= 4 is 5.97 Å². The Bertz CT molecular complexity index is 517. The molecule has 21 heavy (non-hydrogen) atoms. The van der Waals surface area contributed by atoms with Gasteiger partial charge in [-0.05, 0) is 42.9 Å². The van der Waals surface area contributed by atoms with E-state index in [1.807, 2.05) is 13.0 Å². The fourth-order valence-electron chi connectivity index (χ4n) is 3.72. The zero-order chi connectivity index (χ0) is 14.8. The molecule has 1 N–H and O–H groups in total. The summed E-state index contributed by atoms with van der Waals surface area (Å²) in [6, 6.07) is 7.98. The molecule has 1 fully saturated rings. The number of likely N-dealkylation sites (tertiary alicyclic amines) is 1. The molecule has 3 unspecified atom stereocenters. The SMILES string of the molecule is CC1CCCN(CC2OCCc3ccccc32)C1C(=O)O. The first kappa shape index (κ1) is 14.5. The molecule has 1 aromatic carbocycles. The van der Waals surface area contributed by atoms with Crippen LogP contribution in [-0.4, -0.2) is 41.7 Å². The zero-order valence-corrected chi connectivity index (χ0v) is 12.5. The number of rotatable bonds is 3. The van der Waals surface area contributed by atoms with E-state index in [2.05, 4.69) is 23.1 Å². The van der Waals surface area contributed by atoms with Gasteiger partial charge in [0.2, 0.25) is 0 Å². The smallest absolute Gasteiger partial charge is 0.321 e. The van der Waals surface area contributed by atoms with Crippen LogP contribution in [0.5, 0.6) is 0 Å². The molecule has 0 aliphatic carbocycles. The second-order valence-electron chi connectivity index (χ2n) is 6.21. The van der Waals surface area contributed by atoms with Crippen molar-refractivity contribution in [2.45, 2.75) is 38.3 Å². The second kappa shape index (κ2) is 6.16. The highest BCUT2D eigenvalue weighted by molar-refractivity contribution is 5.74. The summed E-state index contributed by atoms with van der Waals surface area (Å²) < 4.78 is 5.94. The van der Waals surface area contributed by atoms with E-state index >= 15 is 0 Å². The average molecular weight is 289 g/mol. The number of fused-ring (bicyclic) bond motifs is 1. The van der Waals surface area contributed by atoms with Crippen LogP contribution in [0.1, 0.15) is 37.0 Å². The number of ether oxygens (including phenoxy) is 1. The minimum absolute atomic E-state index is 0.00194. The molecule has 3 atom stereocenters. The van der Waals surface area contributed by atoms with E-state index in [4.69, 9.17) is 4.74 Å². The molecule has 0 amide bonds. The minimum Gasteiger partial charge on any atom is -0.480 e. The lowest BCUT2D eigenvalue weighted by molar-refractivity contribution is -0.148. The standard InChI is InChI=1S/C17H23NO3/c1-12-5-4-9-18(16(12)17(19)20)11-15-14-7-3-2-6-13(14)8-10-21-15/h2-3,6-7,12,15-16H,4-5,8-11H2,1H3,(H,19,20). The van der Waals surface area contributed by atoms with Crippen molar-refractivity contribution in [1.82, 2.24) is 4.90 Å². The Morgan fingerprint density at radius 3 is 3.05 bits per heavy atom. The van der Waals surface area contributed by atoms with Crippen LogP contribution < -0.4 is 0 Å². The van der Waals surface area contributed by atoms with E-state index < -0.39 is 5.97 Å². The molecule has 2 aliphatic heterocycles. The van der Waals surface area contributed by atoms with Gasteiger partial charge in [-0.2, -0.15) is 0 Å². The average Bonchev–Trinajstić information content (AvgIpc) is 2.47. The van der Waals surface area contributed by atoms with Gasteiger partial charge in [0.15, 0.2) is 0 Å². The first-order valence-electron chi connectivity index (χ1n) is 7.83.